The van der Waals surface area contributed by atoms with Gasteiger partial charge in [0.1, 0.15) is 0 Å². The van der Waals surface area contributed by atoms with E-state index in [1.165, 1.54) is 21.3 Å². The first-order chi connectivity index (χ1) is 17.7. The number of amides is 1. The average molecular weight is 534 g/mol. The van der Waals surface area contributed by atoms with E-state index in [2.05, 4.69) is 20.6 Å². The zero-order valence-corrected chi connectivity index (χ0v) is 21.3. The first-order valence-electron chi connectivity index (χ1n) is 10.7. The van der Waals surface area contributed by atoms with Crippen molar-refractivity contribution in [1.29, 1.82) is 0 Å². The van der Waals surface area contributed by atoms with Crippen LogP contribution < -0.4 is 30.6 Å². The van der Waals surface area contributed by atoms with E-state index in [4.69, 9.17) is 19.9 Å². The second-order valence-corrected chi connectivity index (χ2v) is 8.59. The van der Waals surface area contributed by atoms with Crippen LogP contribution in [-0.4, -0.2) is 56.8 Å². The molecule has 0 saturated heterocycles. The minimum Gasteiger partial charge on any atom is -0.760 e. The number of nitrogens with two attached hydrogens (primary N) is 1. The molecule has 1 aromatic heterocycles. The molecule has 0 bridgehead atoms. The van der Waals surface area contributed by atoms with Gasteiger partial charge in [-0.05, 0) is 24.1 Å². The van der Waals surface area contributed by atoms with Crippen molar-refractivity contribution in [2.75, 3.05) is 38.5 Å². The van der Waals surface area contributed by atoms with Crippen LogP contribution in [0, 0.1) is 12.7 Å². The van der Waals surface area contributed by atoms with Crippen molar-refractivity contribution in [3.05, 3.63) is 53.5 Å². The minimum atomic E-state index is -2.71. The number of nitrogens with zero attached hydrogens (tertiary/aromatic N) is 3. The van der Waals surface area contributed by atoms with Crippen molar-refractivity contribution in [2.24, 2.45) is 5.73 Å². The quantitative estimate of drug-likeness (QED) is 0.295. The summed E-state index contributed by atoms with van der Waals surface area (Å²) < 4.78 is 54.8. The van der Waals surface area contributed by atoms with E-state index in [-0.39, 0.29) is 18.3 Å². The molecule has 0 aliphatic rings. The van der Waals surface area contributed by atoms with Gasteiger partial charge in [-0.1, -0.05) is 12.1 Å². The van der Waals surface area contributed by atoms with Crippen molar-refractivity contribution < 1.29 is 32.2 Å². The van der Waals surface area contributed by atoms with Crippen LogP contribution in [0.2, 0.25) is 0 Å². The average Bonchev–Trinajstić information content (AvgIpc) is 2.86. The molecule has 1 heterocycles. The molecule has 14 heteroatoms. The Labute approximate surface area is 215 Å². The number of ether oxygens (including phenoxy) is 3. The summed E-state index contributed by atoms with van der Waals surface area (Å²) in [6, 6.07) is 8.37. The number of aromatic nitrogens is 2. The normalized spacial score (nSPS) is 11.6. The van der Waals surface area contributed by atoms with Gasteiger partial charge in [0.15, 0.2) is 23.1 Å². The Bertz CT molecular complexity index is 1290. The Morgan fingerprint density at radius 3 is 2.41 bits per heavy atom. The standard InChI is InChI=1S/C23H27FN6O6S/c1-13-6-5-7-17(15(13)11-30(37(32)33)12-20(25)31)28-22-16(24)10-26-23(29-22)27-14-8-18(34-2)21(36-4)19(9-14)35-3/h5-10H,11-12H2,1-4H3,(H2,25,31)(H,32,33)(H2,26,27,28,29)/p-1. The summed E-state index contributed by atoms with van der Waals surface area (Å²) in [6.07, 6.45) is 0.983. The van der Waals surface area contributed by atoms with Gasteiger partial charge in [0.2, 0.25) is 17.6 Å². The lowest BCUT2D eigenvalue weighted by Crippen LogP contribution is -2.35. The van der Waals surface area contributed by atoms with Crippen LogP contribution in [0.15, 0.2) is 36.5 Å². The molecular weight excluding hydrogens is 507 g/mol. The fourth-order valence-corrected chi connectivity index (χ4v) is 3.93. The molecule has 4 N–H and O–H groups in total. The third-order valence-electron chi connectivity index (χ3n) is 5.21. The SMILES string of the molecule is COc1cc(Nc2ncc(F)c(Nc3cccc(C)c3CN(CC(N)=O)S(=O)[O-])n2)cc(OC)c1OC. The molecule has 0 fully saturated rings. The highest BCUT2D eigenvalue weighted by Gasteiger charge is 2.17. The maximum Gasteiger partial charge on any atom is 0.232 e. The number of carbonyl (C=O) groups excluding carboxylic acids is 1. The maximum absolute atomic E-state index is 14.7. The second-order valence-electron chi connectivity index (χ2n) is 7.64. The number of rotatable bonds is 12. The maximum atomic E-state index is 14.7. The van der Waals surface area contributed by atoms with Crippen LogP contribution in [0.25, 0.3) is 0 Å². The van der Waals surface area contributed by atoms with Gasteiger partial charge in [0.05, 0.1) is 34.1 Å². The summed E-state index contributed by atoms with van der Waals surface area (Å²) in [5.74, 6) is -0.476. The summed E-state index contributed by atoms with van der Waals surface area (Å²) >= 11 is -2.71. The molecule has 3 aromatic rings. The number of hydrogen-bond donors (Lipinski definition) is 3. The summed E-state index contributed by atoms with van der Waals surface area (Å²) in [5, 5.41) is 5.86. The molecule has 1 atom stereocenters. The highest BCUT2D eigenvalue weighted by Crippen LogP contribution is 2.40. The van der Waals surface area contributed by atoms with Gasteiger partial charge >= 0.3 is 0 Å². The molecule has 1 unspecified atom stereocenters. The molecule has 0 spiro atoms. The number of aryl methyl sites for hydroxylation is 1. The van der Waals surface area contributed by atoms with Crippen LogP contribution in [0.4, 0.5) is 27.5 Å². The molecule has 2 aromatic carbocycles. The van der Waals surface area contributed by atoms with E-state index in [1.54, 1.807) is 37.3 Å². The minimum absolute atomic E-state index is 0.0587. The fraction of sp³-hybridized carbons (Fsp3) is 0.261. The van der Waals surface area contributed by atoms with Gasteiger partial charge in [-0.15, -0.1) is 0 Å². The van der Waals surface area contributed by atoms with Gasteiger partial charge in [-0.25, -0.2) is 13.7 Å². The number of nitrogens with one attached hydrogen (secondary N) is 2. The Morgan fingerprint density at radius 1 is 1.16 bits per heavy atom. The molecule has 0 aliphatic heterocycles. The van der Waals surface area contributed by atoms with Crippen molar-refractivity contribution >= 4 is 40.3 Å². The van der Waals surface area contributed by atoms with Crippen LogP contribution in [-0.2, 0) is 22.6 Å². The Morgan fingerprint density at radius 2 is 1.84 bits per heavy atom. The first-order valence-corrected chi connectivity index (χ1v) is 11.8. The second kappa shape index (κ2) is 12.3. The van der Waals surface area contributed by atoms with Gasteiger partial charge in [0, 0.05) is 41.3 Å². The number of halogens is 1. The van der Waals surface area contributed by atoms with Gasteiger partial charge in [0.25, 0.3) is 0 Å². The zero-order valence-electron chi connectivity index (χ0n) is 20.5. The predicted molar refractivity (Wildman–Crippen MR) is 134 cm³/mol. The number of anilines is 4. The molecule has 0 aliphatic carbocycles. The van der Waals surface area contributed by atoms with Crippen LogP contribution in [0.3, 0.4) is 0 Å². The predicted octanol–water partition coefficient (Wildman–Crippen LogP) is 2.52. The lowest BCUT2D eigenvalue weighted by molar-refractivity contribution is -0.118. The molecular formula is C23H26FN6O6S-. The Balaban J connectivity index is 1.92. The van der Waals surface area contributed by atoms with Crippen LogP contribution in [0.1, 0.15) is 11.1 Å². The molecule has 37 heavy (non-hydrogen) atoms. The molecule has 1 amide bonds. The summed E-state index contributed by atoms with van der Waals surface area (Å²) in [4.78, 5) is 19.5. The smallest absolute Gasteiger partial charge is 0.232 e. The lowest BCUT2D eigenvalue weighted by atomic mass is 10.1. The van der Waals surface area contributed by atoms with Gasteiger partial charge in [-0.2, -0.15) is 4.98 Å². The fourth-order valence-electron chi connectivity index (χ4n) is 3.47. The highest BCUT2D eigenvalue weighted by atomic mass is 32.2. The monoisotopic (exact) mass is 533 g/mol. The number of methoxy groups -OCH3 is 3. The molecule has 0 saturated carbocycles. The lowest BCUT2D eigenvalue weighted by Gasteiger charge is -2.25. The summed E-state index contributed by atoms with van der Waals surface area (Å²) in [7, 11) is 4.43. The van der Waals surface area contributed by atoms with Crippen LogP contribution >= 0.6 is 0 Å². The zero-order chi connectivity index (χ0) is 27.1. The third-order valence-corrected chi connectivity index (χ3v) is 5.89. The van der Waals surface area contributed by atoms with Crippen molar-refractivity contribution in [3.8, 4) is 17.2 Å². The van der Waals surface area contributed by atoms with Crippen LogP contribution in [0.5, 0.6) is 17.2 Å². The van der Waals surface area contributed by atoms with E-state index in [1.807, 2.05) is 0 Å². The van der Waals surface area contributed by atoms with E-state index in [0.29, 0.717) is 39.8 Å². The van der Waals surface area contributed by atoms with Gasteiger partial charge < -0.3 is 35.1 Å². The number of benzene rings is 2. The number of primary amides is 1. The molecule has 198 valence electrons. The van der Waals surface area contributed by atoms with Crippen molar-refractivity contribution in [1.82, 2.24) is 14.3 Å². The third kappa shape index (κ3) is 6.81. The summed E-state index contributed by atoms with van der Waals surface area (Å²) in [5.41, 5.74) is 7.25. The van der Waals surface area contributed by atoms with E-state index < -0.39 is 29.5 Å². The summed E-state index contributed by atoms with van der Waals surface area (Å²) in [6.45, 7) is 1.08. The van der Waals surface area contributed by atoms with E-state index in [0.717, 1.165) is 10.5 Å². The van der Waals surface area contributed by atoms with E-state index in [9.17, 15) is 17.9 Å². The molecule has 3 rings (SSSR count). The molecule has 0 radical (unpaired) electrons. The number of carbonyl (C=O) groups is 1. The Kier molecular flexibility index (Phi) is 9.16. The topological polar surface area (TPSA) is 164 Å². The highest BCUT2D eigenvalue weighted by molar-refractivity contribution is 7.76. The Hall–Kier alpha value is -4.01. The number of hydrogen-bond acceptors (Lipinski definition) is 10. The van der Waals surface area contributed by atoms with Crippen molar-refractivity contribution in [2.45, 2.75) is 13.5 Å². The van der Waals surface area contributed by atoms with E-state index >= 15 is 0 Å². The molecule has 12 nitrogen and oxygen atoms in total. The first kappa shape index (κ1) is 27.6. The van der Waals surface area contributed by atoms with Gasteiger partial charge in [-0.3, -0.25) is 9.00 Å². The largest absolute Gasteiger partial charge is 0.760 e. The van der Waals surface area contributed by atoms with Crippen molar-refractivity contribution in [3.63, 3.8) is 0 Å².